The Morgan fingerprint density at radius 3 is 2.77 bits per heavy atom. The molecular weight excluding hydrogens is 287 g/mol. The highest BCUT2D eigenvalue weighted by atomic mass is 19.1. The van der Waals surface area contributed by atoms with E-state index in [1.54, 1.807) is 11.8 Å². The van der Waals surface area contributed by atoms with Gasteiger partial charge in [0, 0.05) is 19.2 Å². The van der Waals surface area contributed by atoms with Crippen LogP contribution in [0.25, 0.3) is 0 Å². The molecule has 0 atom stereocenters. The predicted octanol–water partition coefficient (Wildman–Crippen LogP) is 3.16. The van der Waals surface area contributed by atoms with Gasteiger partial charge in [0.15, 0.2) is 6.61 Å². The Morgan fingerprint density at radius 2 is 2.09 bits per heavy atom. The number of likely N-dealkylation sites (tertiary alicyclic amines) is 1. The standard InChI is InChI=1S/C16H19FN2O3/c1-12-13(9-14(17)10-15(12)21-8-5-18)11-22-16(20)19-6-3-2-4-7-19/h9-10H,2-4,6-8,11H2,1H3. The molecule has 0 aromatic heterocycles. The number of piperidine rings is 1. The molecule has 22 heavy (non-hydrogen) atoms. The van der Waals surface area contributed by atoms with E-state index in [1.807, 2.05) is 6.07 Å². The summed E-state index contributed by atoms with van der Waals surface area (Å²) in [6.07, 6.45) is 2.73. The molecule has 0 bridgehead atoms. The Bertz CT molecular complexity index is 577. The van der Waals surface area contributed by atoms with Gasteiger partial charge >= 0.3 is 6.09 Å². The van der Waals surface area contributed by atoms with Gasteiger partial charge in [0.2, 0.25) is 0 Å². The molecule has 0 radical (unpaired) electrons. The average Bonchev–Trinajstić information content (AvgIpc) is 2.54. The molecule has 1 heterocycles. The fourth-order valence-corrected chi connectivity index (χ4v) is 2.43. The molecule has 1 aromatic rings. The van der Waals surface area contributed by atoms with Crippen molar-refractivity contribution in [3.63, 3.8) is 0 Å². The van der Waals surface area contributed by atoms with Gasteiger partial charge in [-0.2, -0.15) is 5.26 Å². The second-order valence-electron chi connectivity index (χ2n) is 5.24. The molecule has 0 unspecified atom stereocenters. The first kappa shape index (κ1) is 16.1. The van der Waals surface area contributed by atoms with Crippen LogP contribution in [-0.2, 0) is 11.3 Å². The van der Waals surface area contributed by atoms with Crippen LogP contribution in [0.15, 0.2) is 12.1 Å². The third-order valence-corrected chi connectivity index (χ3v) is 3.69. The first-order valence-electron chi connectivity index (χ1n) is 7.32. The summed E-state index contributed by atoms with van der Waals surface area (Å²) in [4.78, 5) is 13.6. The van der Waals surface area contributed by atoms with Crippen molar-refractivity contribution in [3.05, 3.63) is 29.1 Å². The molecule has 1 aliphatic rings. The van der Waals surface area contributed by atoms with E-state index in [2.05, 4.69) is 0 Å². The molecule has 118 valence electrons. The number of carbonyl (C=O) groups is 1. The molecular formula is C16H19FN2O3. The Labute approximate surface area is 129 Å². The van der Waals surface area contributed by atoms with Crippen LogP contribution < -0.4 is 4.74 Å². The third-order valence-electron chi connectivity index (χ3n) is 3.69. The molecule has 1 saturated heterocycles. The summed E-state index contributed by atoms with van der Waals surface area (Å²) in [5, 5.41) is 8.53. The molecule has 0 saturated carbocycles. The molecule has 0 N–H and O–H groups in total. The second kappa shape index (κ2) is 7.64. The lowest BCUT2D eigenvalue weighted by atomic mass is 10.1. The van der Waals surface area contributed by atoms with E-state index in [0.29, 0.717) is 30.0 Å². The molecule has 1 fully saturated rings. The fourth-order valence-electron chi connectivity index (χ4n) is 2.43. The fraction of sp³-hybridized carbons (Fsp3) is 0.500. The molecule has 2 rings (SSSR count). The van der Waals surface area contributed by atoms with E-state index in [1.165, 1.54) is 12.1 Å². The zero-order valence-corrected chi connectivity index (χ0v) is 12.6. The number of nitrogens with zero attached hydrogens (tertiary/aromatic N) is 2. The van der Waals surface area contributed by atoms with Gasteiger partial charge in [-0.1, -0.05) is 0 Å². The Hall–Kier alpha value is -2.29. The number of nitriles is 1. The Balaban J connectivity index is 2.01. The van der Waals surface area contributed by atoms with E-state index >= 15 is 0 Å². The van der Waals surface area contributed by atoms with Crippen LogP contribution in [0.4, 0.5) is 9.18 Å². The van der Waals surface area contributed by atoms with E-state index < -0.39 is 5.82 Å². The van der Waals surface area contributed by atoms with E-state index in [-0.39, 0.29) is 19.3 Å². The first-order valence-corrected chi connectivity index (χ1v) is 7.32. The molecule has 1 amide bonds. The summed E-state index contributed by atoms with van der Waals surface area (Å²) in [7, 11) is 0. The smallest absolute Gasteiger partial charge is 0.410 e. The van der Waals surface area contributed by atoms with Gasteiger partial charge in [-0.05, 0) is 43.4 Å². The number of ether oxygens (including phenoxy) is 2. The quantitative estimate of drug-likeness (QED) is 0.857. The maximum Gasteiger partial charge on any atom is 0.410 e. The number of amides is 1. The number of halogens is 1. The minimum atomic E-state index is -0.484. The first-order chi connectivity index (χ1) is 10.6. The van der Waals surface area contributed by atoms with Gasteiger partial charge in [-0.15, -0.1) is 0 Å². The van der Waals surface area contributed by atoms with Gasteiger partial charge in [0.25, 0.3) is 0 Å². The molecule has 1 aromatic carbocycles. The van der Waals surface area contributed by atoms with Crippen molar-refractivity contribution < 1.29 is 18.7 Å². The third kappa shape index (κ3) is 4.10. The number of rotatable bonds is 4. The second-order valence-corrected chi connectivity index (χ2v) is 5.24. The Morgan fingerprint density at radius 1 is 1.36 bits per heavy atom. The highest BCUT2D eigenvalue weighted by Crippen LogP contribution is 2.24. The van der Waals surface area contributed by atoms with Crippen LogP contribution in [0.5, 0.6) is 5.75 Å². The number of hydrogen-bond acceptors (Lipinski definition) is 4. The van der Waals surface area contributed by atoms with Gasteiger partial charge < -0.3 is 14.4 Å². The SMILES string of the molecule is Cc1c(COC(=O)N2CCCCC2)cc(F)cc1OCC#N. The Kier molecular flexibility index (Phi) is 5.59. The van der Waals surface area contributed by atoms with Crippen LogP contribution in [0, 0.1) is 24.1 Å². The van der Waals surface area contributed by atoms with Crippen molar-refractivity contribution >= 4 is 6.09 Å². The highest BCUT2D eigenvalue weighted by Gasteiger charge is 2.18. The number of carbonyl (C=O) groups excluding carboxylic acids is 1. The van der Waals surface area contributed by atoms with Crippen molar-refractivity contribution in [2.75, 3.05) is 19.7 Å². The minimum absolute atomic E-state index is 0.0121. The summed E-state index contributed by atoms with van der Waals surface area (Å²) in [5.74, 6) is -0.187. The maximum absolute atomic E-state index is 13.6. The number of hydrogen-bond donors (Lipinski definition) is 0. The lowest BCUT2D eigenvalue weighted by molar-refractivity contribution is 0.0891. The summed E-state index contributed by atoms with van der Waals surface area (Å²) in [6.45, 7) is 2.99. The molecule has 0 aliphatic carbocycles. The van der Waals surface area contributed by atoms with Crippen molar-refractivity contribution in [3.8, 4) is 11.8 Å². The van der Waals surface area contributed by atoms with Crippen LogP contribution in [0.3, 0.4) is 0 Å². The van der Waals surface area contributed by atoms with Gasteiger partial charge in [0.05, 0.1) is 0 Å². The largest absolute Gasteiger partial charge is 0.478 e. The van der Waals surface area contributed by atoms with Crippen LogP contribution in [0.2, 0.25) is 0 Å². The van der Waals surface area contributed by atoms with E-state index in [0.717, 1.165) is 19.3 Å². The zero-order chi connectivity index (χ0) is 15.9. The monoisotopic (exact) mass is 306 g/mol. The normalized spacial score (nSPS) is 14.3. The average molecular weight is 306 g/mol. The topological polar surface area (TPSA) is 62.6 Å². The molecule has 5 nitrogen and oxygen atoms in total. The maximum atomic E-state index is 13.6. The summed E-state index contributed by atoms with van der Waals surface area (Å²) < 4.78 is 24.0. The van der Waals surface area contributed by atoms with E-state index in [4.69, 9.17) is 14.7 Å². The lowest BCUT2D eigenvalue weighted by Crippen LogP contribution is -2.35. The minimum Gasteiger partial charge on any atom is -0.478 e. The lowest BCUT2D eigenvalue weighted by Gasteiger charge is -2.26. The molecule has 1 aliphatic heterocycles. The summed E-state index contributed by atoms with van der Waals surface area (Å²) in [5.41, 5.74) is 1.21. The zero-order valence-electron chi connectivity index (χ0n) is 12.6. The highest BCUT2D eigenvalue weighted by molar-refractivity contribution is 5.67. The van der Waals surface area contributed by atoms with Crippen molar-refractivity contribution in [2.45, 2.75) is 32.8 Å². The van der Waals surface area contributed by atoms with Crippen molar-refractivity contribution in [1.29, 1.82) is 5.26 Å². The van der Waals surface area contributed by atoms with Gasteiger partial charge in [-0.3, -0.25) is 0 Å². The van der Waals surface area contributed by atoms with Crippen LogP contribution >= 0.6 is 0 Å². The van der Waals surface area contributed by atoms with Crippen molar-refractivity contribution in [1.82, 2.24) is 4.90 Å². The summed E-state index contributed by atoms with van der Waals surface area (Å²) in [6, 6.07) is 4.38. The van der Waals surface area contributed by atoms with E-state index in [9.17, 15) is 9.18 Å². The number of benzene rings is 1. The molecule has 6 heteroatoms. The predicted molar refractivity (Wildman–Crippen MR) is 77.9 cm³/mol. The molecule has 0 spiro atoms. The summed E-state index contributed by atoms with van der Waals surface area (Å²) >= 11 is 0. The van der Waals surface area contributed by atoms with Crippen LogP contribution in [-0.4, -0.2) is 30.7 Å². The van der Waals surface area contributed by atoms with Gasteiger partial charge in [-0.25, -0.2) is 9.18 Å². The van der Waals surface area contributed by atoms with Crippen molar-refractivity contribution in [2.24, 2.45) is 0 Å². The van der Waals surface area contributed by atoms with Gasteiger partial charge in [0.1, 0.15) is 24.2 Å². The van der Waals surface area contributed by atoms with Crippen LogP contribution in [0.1, 0.15) is 30.4 Å².